The molecule has 0 amide bonds. The Morgan fingerprint density at radius 2 is 2.20 bits per heavy atom. The van der Waals surface area contributed by atoms with Gasteiger partial charge in [0.2, 0.25) is 0 Å². The van der Waals surface area contributed by atoms with Crippen LogP contribution in [0.25, 0.3) is 10.1 Å². The first-order valence-corrected chi connectivity index (χ1v) is 8.65. The summed E-state index contributed by atoms with van der Waals surface area (Å²) in [4.78, 5) is 6.95. The summed E-state index contributed by atoms with van der Waals surface area (Å²) in [5.41, 5.74) is 1.91. The van der Waals surface area contributed by atoms with Crippen LogP contribution in [0.2, 0.25) is 0 Å². The summed E-state index contributed by atoms with van der Waals surface area (Å²) in [7, 11) is 0. The minimum absolute atomic E-state index is 0.396. The van der Waals surface area contributed by atoms with Gasteiger partial charge in [0.15, 0.2) is 0 Å². The molecule has 3 aromatic rings. The first-order valence-electron chi connectivity index (χ1n) is 6.96. The van der Waals surface area contributed by atoms with Gasteiger partial charge in [0.05, 0.1) is 5.51 Å². The van der Waals surface area contributed by atoms with E-state index in [2.05, 4.69) is 47.6 Å². The number of nitrogens with zero attached hydrogens (tertiary/aromatic N) is 1. The highest BCUT2D eigenvalue weighted by molar-refractivity contribution is 7.19. The van der Waals surface area contributed by atoms with Crippen molar-refractivity contribution in [1.29, 1.82) is 0 Å². The maximum atomic E-state index is 4.19. The van der Waals surface area contributed by atoms with Gasteiger partial charge in [-0.15, -0.1) is 22.7 Å². The van der Waals surface area contributed by atoms with Crippen molar-refractivity contribution in [2.75, 3.05) is 6.54 Å². The van der Waals surface area contributed by atoms with Crippen molar-refractivity contribution in [2.45, 2.75) is 25.8 Å². The zero-order valence-electron chi connectivity index (χ0n) is 11.5. The quantitative estimate of drug-likeness (QED) is 0.717. The molecule has 104 valence electrons. The van der Waals surface area contributed by atoms with Crippen molar-refractivity contribution in [3.63, 3.8) is 0 Å². The van der Waals surface area contributed by atoms with Crippen molar-refractivity contribution >= 4 is 32.8 Å². The van der Waals surface area contributed by atoms with Crippen LogP contribution in [-0.4, -0.2) is 11.5 Å². The molecule has 0 bridgehead atoms. The fourth-order valence-corrected chi connectivity index (χ4v) is 4.09. The number of aromatic nitrogens is 1. The van der Waals surface area contributed by atoms with E-state index in [1.165, 1.54) is 19.8 Å². The molecule has 1 N–H and O–H groups in total. The third kappa shape index (κ3) is 3.08. The van der Waals surface area contributed by atoms with E-state index in [1.54, 1.807) is 11.3 Å². The number of fused-ring (bicyclic) bond motifs is 1. The molecule has 0 fully saturated rings. The third-order valence-electron chi connectivity index (χ3n) is 3.32. The molecule has 20 heavy (non-hydrogen) atoms. The normalized spacial score (nSPS) is 12.8. The van der Waals surface area contributed by atoms with Gasteiger partial charge in [-0.05, 0) is 30.5 Å². The van der Waals surface area contributed by atoms with Crippen molar-refractivity contribution in [2.24, 2.45) is 0 Å². The number of nitrogens with one attached hydrogen (secondary N) is 1. The number of thiophene rings is 1. The van der Waals surface area contributed by atoms with Crippen molar-refractivity contribution < 1.29 is 0 Å². The molecule has 0 spiro atoms. The van der Waals surface area contributed by atoms with E-state index >= 15 is 0 Å². The molecule has 0 aliphatic heterocycles. The predicted octanol–water partition coefficient (Wildman–Crippen LogP) is 4.64. The molecular weight excluding hydrogens is 284 g/mol. The van der Waals surface area contributed by atoms with Gasteiger partial charge in [-0.25, -0.2) is 0 Å². The number of hydrogen-bond donors (Lipinski definition) is 1. The third-order valence-corrected chi connectivity index (χ3v) is 5.35. The molecule has 0 saturated heterocycles. The van der Waals surface area contributed by atoms with Crippen LogP contribution in [-0.2, 0) is 6.42 Å². The van der Waals surface area contributed by atoms with Gasteiger partial charge in [-0.1, -0.05) is 25.1 Å². The van der Waals surface area contributed by atoms with Crippen molar-refractivity contribution in [3.05, 3.63) is 51.8 Å². The molecular formula is C16H18N2S2. The van der Waals surface area contributed by atoms with Gasteiger partial charge in [0.25, 0.3) is 0 Å². The minimum Gasteiger partial charge on any atom is -0.309 e. The highest BCUT2D eigenvalue weighted by atomic mass is 32.1. The number of thiazole rings is 1. The van der Waals surface area contributed by atoms with Crippen molar-refractivity contribution in [1.82, 2.24) is 10.3 Å². The Labute approximate surface area is 127 Å². The highest BCUT2D eigenvalue weighted by Gasteiger charge is 2.15. The molecule has 2 aromatic heterocycles. The molecule has 4 heteroatoms. The minimum atomic E-state index is 0.396. The average Bonchev–Trinajstić information content (AvgIpc) is 3.12. The summed E-state index contributed by atoms with van der Waals surface area (Å²) in [6, 6.07) is 11.3. The summed E-state index contributed by atoms with van der Waals surface area (Å²) in [5.74, 6) is 0. The SMILES string of the molecule is CCCNC(Cc1cncs1)c1cc2ccccc2s1. The van der Waals surface area contributed by atoms with E-state index in [-0.39, 0.29) is 0 Å². The number of benzene rings is 1. The average molecular weight is 302 g/mol. The molecule has 0 aliphatic carbocycles. The monoisotopic (exact) mass is 302 g/mol. The first-order chi connectivity index (χ1) is 9.86. The van der Waals surface area contributed by atoms with E-state index in [0.29, 0.717) is 6.04 Å². The summed E-state index contributed by atoms with van der Waals surface area (Å²) in [5, 5.41) is 5.02. The van der Waals surface area contributed by atoms with E-state index in [1.807, 2.05) is 23.0 Å². The second-order valence-corrected chi connectivity index (χ2v) is 6.95. The van der Waals surface area contributed by atoms with Crippen LogP contribution in [0.15, 0.2) is 42.0 Å². The Morgan fingerprint density at radius 1 is 1.30 bits per heavy atom. The van der Waals surface area contributed by atoms with Crippen LogP contribution >= 0.6 is 22.7 Å². The Bertz CT molecular complexity index is 625. The Balaban J connectivity index is 1.87. The van der Waals surface area contributed by atoms with Crippen LogP contribution in [0.4, 0.5) is 0 Å². The fraction of sp³-hybridized carbons (Fsp3) is 0.312. The highest BCUT2D eigenvalue weighted by Crippen LogP contribution is 2.31. The zero-order chi connectivity index (χ0) is 13.8. The van der Waals surface area contributed by atoms with Gasteiger partial charge in [-0.3, -0.25) is 4.98 Å². The first kappa shape index (κ1) is 13.7. The van der Waals surface area contributed by atoms with Crippen LogP contribution in [0.1, 0.15) is 29.1 Å². The second-order valence-electron chi connectivity index (χ2n) is 4.87. The van der Waals surface area contributed by atoms with E-state index in [0.717, 1.165) is 19.4 Å². The lowest BCUT2D eigenvalue weighted by atomic mass is 10.1. The van der Waals surface area contributed by atoms with Gasteiger partial charge in [-0.2, -0.15) is 0 Å². The van der Waals surface area contributed by atoms with Gasteiger partial charge in [0, 0.05) is 33.1 Å². The Hall–Kier alpha value is -1.23. The lowest BCUT2D eigenvalue weighted by Gasteiger charge is -2.16. The Morgan fingerprint density at radius 3 is 2.95 bits per heavy atom. The summed E-state index contributed by atoms with van der Waals surface area (Å²) >= 11 is 3.64. The Kier molecular flexibility index (Phi) is 4.45. The lowest BCUT2D eigenvalue weighted by Crippen LogP contribution is -2.22. The largest absolute Gasteiger partial charge is 0.309 e. The standard InChI is InChI=1S/C16H18N2S2/c1-2-7-18-14(9-13-10-17-11-19-13)16-8-12-5-3-4-6-15(12)20-16/h3-6,8,10-11,14,18H,2,7,9H2,1H3. The van der Waals surface area contributed by atoms with Crippen LogP contribution in [0.5, 0.6) is 0 Å². The molecule has 3 rings (SSSR count). The number of hydrogen-bond acceptors (Lipinski definition) is 4. The molecule has 0 aliphatic rings. The van der Waals surface area contributed by atoms with Crippen LogP contribution in [0.3, 0.4) is 0 Å². The molecule has 1 atom stereocenters. The van der Waals surface area contributed by atoms with Gasteiger partial charge >= 0.3 is 0 Å². The van der Waals surface area contributed by atoms with E-state index in [4.69, 9.17) is 0 Å². The maximum Gasteiger partial charge on any atom is 0.0794 e. The molecule has 0 saturated carbocycles. The molecule has 1 aromatic carbocycles. The number of rotatable bonds is 6. The molecule has 2 heterocycles. The molecule has 1 unspecified atom stereocenters. The lowest BCUT2D eigenvalue weighted by molar-refractivity contribution is 0.539. The zero-order valence-corrected chi connectivity index (χ0v) is 13.1. The van der Waals surface area contributed by atoms with E-state index < -0.39 is 0 Å². The van der Waals surface area contributed by atoms with Gasteiger partial charge < -0.3 is 5.32 Å². The van der Waals surface area contributed by atoms with Crippen LogP contribution in [0, 0.1) is 0 Å². The topological polar surface area (TPSA) is 24.9 Å². The fourth-order valence-electron chi connectivity index (χ4n) is 2.31. The van der Waals surface area contributed by atoms with Crippen molar-refractivity contribution in [3.8, 4) is 0 Å². The van der Waals surface area contributed by atoms with E-state index in [9.17, 15) is 0 Å². The molecule has 0 radical (unpaired) electrons. The molecule has 2 nitrogen and oxygen atoms in total. The second kappa shape index (κ2) is 6.48. The predicted molar refractivity (Wildman–Crippen MR) is 88.7 cm³/mol. The summed E-state index contributed by atoms with van der Waals surface area (Å²) in [6.45, 7) is 3.26. The maximum absolute atomic E-state index is 4.19. The summed E-state index contributed by atoms with van der Waals surface area (Å²) < 4.78 is 1.37. The summed E-state index contributed by atoms with van der Waals surface area (Å²) in [6.07, 6.45) is 4.17. The van der Waals surface area contributed by atoms with Gasteiger partial charge in [0.1, 0.15) is 0 Å². The smallest absolute Gasteiger partial charge is 0.0794 e. The van der Waals surface area contributed by atoms with Crippen LogP contribution < -0.4 is 5.32 Å².